The number of rotatable bonds is 5. The second kappa shape index (κ2) is 6.54. The number of Topliss-reactive ketones (excluding diaryl/α,β-unsaturated/α-hetero) is 1. The van der Waals surface area contributed by atoms with Gasteiger partial charge in [-0.1, -0.05) is 11.6 Å². The standard InChI is InChI=1S/C15H13ClFNO3/c1-9(19)10(2)20-12-3-5-13(6-4-12)21-15-14(17)7-11(16)8-18-15/h3-8,10H,1-2H3. The average molecular weight is 310 g/mol. The minimum absolute atomic E-state index is 0.0669. The van der Waals surface area contributed by atoms with Gasteiger partial charge in [0.1, 0.15) is 11.5 Å². The Morgan fingerprint density at radius 3 is 2.48 bits per heavy atom. The molecule has 1 aromatic carbocycles. The van der Waals surface area contributed by atoms with E-state index in [1.165, 1.54) is 13.1 Å². The highest BCUT2D eigenvalue weighted by Crippen LogP contribution is 2.26. The lowest BCUT2D eigenvalue weighted by Crippen LogP contribution is -2.20. The normalized spacial score (nSPS) is 11.8. The number of hydrogen-bond donors (Lipinski definition) is 0. The minimum atomic E-state index is -0.645. The van der Waals surface area contributed by atoms with Crippen molar-refractivity contribution in [2.75, 3.05) is 0 Å². The van der Waals surface area contributed by atoms with E-state index in [0.717, 1.165) is 6.07 Å². The number of ether oxygens (including phenoxy) is 2. The van der Waals surface area contributed by atoms with E-state index in [1.54, 1.807) is 31.2 Å². The summed E-state index contributed by atoms with van der Waals surface area (Å²) < 4.78 is 24.3. The van der Waals surface area contributed by atoms with Gasteiger partial charge in [-0.3, -0.25) is 4.79 Å². The SMILES string of the molecule is CC(=O)C(C)Oc1ccc(Oc2ncc(Cl)cc2F)cc1. The molecule has 0 aliphatic heterocycles. The average Bonchev–Trinajstić information content (AvgIpc) is 2.43. The number of aromatic nitrogens is 1. The van der Waals surface area contributed by atoms with Crippen LogP contribution in [0.25, 0.3) is 0 Å². The number of ketones is 1. The maximum Gasteiger partial charge on any atom is 0.255 e. The third kappa shape index (κ3) is 4.16. The highest BCUT2D eigenvalue weighted by atomic mass is 35.5. The van der Waals surface area contributed by atoms with Crippen molar-refractivity contribution in [2.24, 2.45) is 0 Å². The summed E-state index contributed by atoms with van der Waals surface area (Å²) in [6.45, 7) is 3.12. The van der Waals surface area contributed by atoms with Crippen LogP contribution in [0.1, 0.15) is 13.8 Å². The largest absolute Gasteiger partial charge is 0.483 e. The molecule has 1 unspecified atom stereocenters. The van der Waals surface area contributed by atoms with Gasteiger partial charge in [-0.15, -0.1) is 0 Å². The topological polar surface area (TPSA) is 48.4 Å². The molecule has 0 bridgehead atoms. The maximum atomic E-state index is 13.5. The predicted octanol–water partition coefficient (Wildman–Crippen LogP) is 4.02. The van der Waals surface area contributed by atoms with Crippen LogP contribution in [-0.2, 0) is 4.79 Å². The number of pyridine rings is 1. The van der Waals surface area contributed by atoms with E-state index in [4.69, 9.17) is 21.1 Å². The van der Waals surface area contributed by atoms with Crippen molar-refractivity contribution in [2.45, 2.75) is 20.0 Å². The zero-order valence-corrected chi connectivity index (χ0v) is 12.2. The lowest BCUT2D eigenvalue weighted by Gasteiger charge is -2.12. The highest BCUT2D eigenvalue weighted by Gasteiger charge is 2.10. The number of carbonyl (C=O) groups excluding carboxylic acids is 1. The first kappa shape index (κ1) is 15.3. The molecule has 0 radical (unpaired) electrons. The van der Waals surface area contributed by atoms with Crippen LogP contribution in [0.5, 0.6) is 17.4 Å². The molecule has 0 saturated carbocycles. The van der Waals surface area contributed by atoms with E-state index in [0.29, 0.717) is 11.5 Å². The fourth-order valence-corrected chi connectivity index (χ4v) is 1.61. The Balaban J connectivity index is 2.07. The molecule has 0 aliphatic rings. The predicted molar refractivity (Wildman–Crippen MR) is 76.5 cm³/mol. The fourth-order valence-electron chi connectivity index (χ4n) is 1.46. The van der Waals surface area contributed by atoms with Gasteiger partial charge in [0, 0.05) is 6.20 Å². The minimum Gasteiger partial charge on any atom is -0.483 e. The maximum absolute atomic E-state index is 13.5. The summed E-state index contributed by atoms with van der Waals surface area (Å²) in [6.07, 6.45) is 0.776. The zero-order valence-electron chi connectivity index (χ0n) is 11.5. The third-order valence-corrected chi connectivity index (χ3v) is 2.90. The second-order valence-electron chi connectivity index (χ2n) is 4.38. The first-order valence-corrected chi connectivity index (χ1v) is 6.59. The molecule has 1 heterocycles. The Bertz CT molecular complexity index is 646. The molecule has 0 amide bonds. The van der Waals surface area contributed by atoms with Gasteiger partial charge in [-0.25, -0.2) is 9.37 Å². The molecule has 1 aromatic heterocycles. The van der Waals surface area contributed by atoms with Crippen LogP contribution >= 0.6 is 11.6 Å². The second-order valence-corrected chi connectivity index (χ2v) is 4.82. The lowest BCUT2D eigenvalue weighted by molar-refractivity contribution is -0.122. The van der Waals surface area contributed by atoms with Crippen LogP contribution in [0.4, 0.5) is 4.39 Å². The summed E-state index contributed by atoms with van der Waals surface area (Å²) in [5, 5.41) is 0.196. The Hall–Kier alpha value is -2.14. The summed E-state index contributed by atoms with van der Waals surface area (Å²) in [6, 6.07) is 7.57. The Morgan fingerprint density at radius 1 is 1.29 bits per heavy atom. The monoisotopic (exact) mass is 309 g/mol. The molecule has 6 heteroatoms. The molecule has 2 rings (SSSR count). The Morgan fingerprint density at radius 2 is 1.90 bits per heavy atom. The van der Waals surface area contributed by atoms with Crippen LogP contribution < -0.4 is 9.47 Å². The van der Waals surface area contributed by atoms with E-state index in [2.05, 4.69) is 4.98 Å². The molecule has 0 N–H and O–H groups in total. The lowest BCUT2D eigenvalue weighted by atomic mass is 10.3. The van der Waals surface area contributed by atoms with Crippen molar-refractivity contribution < 1.29 is 18.7 Å². The van der Waals surface area contributed by atoms with Crippen molar-refractivity contribution in [3.63, 3.8) is 0 Å². The number of benzene rings is 1. The van der Waals surface area contributed by atoms with Crippen LogP contribution in [-0.4, -0.2) is 16.9 Å². The van der Waals surface area contributed by atoms with Crippen molar-refractivity contribution in [1.29, 1.82) is 0 Å². The van der Waals surface area contributed by atoms with Gasteiger partial charge in [0.05, 0.1) is 5.02 Å². The van der Waals surface area contributed by atoms with Gasteiger partial charge >= 0.3 is 0 Å². The van der Waals surface area contributed by atoms with Crippen LogP contribution in [0.15, 0.2) is 36.5 Å². The van der Waals surface area contributed by atoms with Crippen molar-refractivity contribution >= 4 is 17.4 Å². The van der Waals surface area contributed by atoms with Crippen LogP contribution in [0.3, 0.4) is 0 Å². The summed E-state index contributed by atoms with van der Waals surface area (Å²) in [5.41, 5.74) is 0. The molecule has 110 valence electrons. The first-order valence-electron chi connectivity index (χ1n) is 6.22. The summed E-state index contributed by atoms with van der Waals surface area (Å²) in [4.78, 5) is 14.9. The third-order valence-electron chi connectivity index (χ3n) is 2.70. The number of hydrogen-bond acceptors (Lipinski definition) is 4. The van der Waals surface area contributed by atoms with Gasteiger partial charge in [-0.2, -0.15) is 0 Å². The summed E-state index contributed by atoms with van der Waals surface area (Å²) in [5.74, 6) is 0.0436. The molecule has 0 aliphatic carbocycles. The van der Waals surface area contributed by atoms with Crippen LogP contribution in [0.2, 0.25) is 5.02 Å². The van der Waals surface area contributed by atoms with Gasteiger partial charge < -0.3 is 9.47 Å². The molecule has 0 spiro atoms. The van der Waals surface area contributed by atoms with E-state index < -0.39 is 11.9 Å². The van der Waals surface area contributed by atoms with Crippen LogP contribution in [0, 0.1) is 5.82 Å². The Labute approximate surface area is 126 Å². The molecule has 2 aromatic rings. The smallest absolute Gasteiger partial charge is 0.255 e. The first-order chi connectivity index (χ1) is 9.95. The fraction of sp³-hybridized carbons (Fsp3) is 0.200. The molecular formula is C15H13ClFNO3. The van der Waals surface area contributed by atoms with Gasteiger partial charge in [0.25, 0.3) is 5.88 Å². The molecule has 21 heavy (non-hydrogen) atoms. The quantitative estimate of drug-likeness (QED) is 0.837. The number of halogens is 2. The van der Waals surface area contributed by atoms with E-state index in [1.807, 2.05) is 0 Å². The molecule has 0 fully saturated rings. The zero-order chi connectivity index (χ0) is 15.4. The van der Waals surface area contributed by atoms with Gasteiger partial charge in [0.15, 0.2) is 17.7 Å². The van der Waals surface area contributed by atoms with Crippen molar-refractivity contribution in [1.82, 2.24) is 4.98 Å². The number of carbonyl (C=O) groups is 1. The summed E-state index contributed by atoms with van der Waals surface area (Å²) >= 11 is 5.61. The molecule has 0 saturated heterocycles. The Kier molecular flexibility index (Phi) is 4.75. The van der Waals surface area contributed by atoms with Crippen molar-refractivity contribution in [3.05, 3.63) is 47.4 Å². The van der Waals surface area contributed by atoms with E-state index in [9.17, 15) is 9.18 Å². The van der Waals surface area contributed by atoms with Gasteiger partial charge in [0.2, 0.25) is 0 Å². The van der Waals surface area contributed by atoms with E-state index in [-0.39, 0.29) is 16.7 Å². The summed E-state index contributed by atoms with van der Waals surface area (Å²) in [7, 11) is 0. The molecule has 1 atom stereocenters. The molecular weight excluding hydrogens is 297 g/mol. The van der Waals surface area contributed by atoms with E-state index >= 15 is 0 Å². The number of nitrogens with zero attached hydrogens (tertiary/aromatic N) is 1. The highest BCUT2D eigenvalue weighted by molar-refractivity contribution is 6.30. The van der Waals surface area contributed by atoms with Gasteiger partial charge in [-0.05, 0) is 44.2 Å². The van der Waals surface area contributed by atoms with Crippen molar-refractivity contribution in [3.8, 4) is 17.4 Å². The molecule has 4 nitrogen and oxygen atoms in total.